The maximum atomic E-state index is 12.5. The van der Waals surface area contributed by atoms with Crippen LogP contribution in [0.5, 0.6) is 0 Å². The number of fused-ring (bicyclic) bond motifs is 1. The molecule has 0 aliphatic carbocycles. The van der Waals surface area contributed by atoms with Crippen LogP contribution in [0.25, 0.3) is 10.9 Å². The zero-order chi connectivity index (χ0) is 14.9. The number of para-hydroxylation sites is 1. The number of rotatable bonds is 3. The van der Waals surface area contributed by atoms with Gasteiger partial charge in [0.15, 0.2) is 9.84 Å². The SMILES string of the molecule is Nc1ccc(S(=O)(=O)Cc2ccnc3ccccc23)cc1. The number of hydrogen-bond acceptors (Lipinski definition) is 4. The molecule has 0 unspecified atom stereocenters. The number of nitrogens with zero attached hydrogens (tertiary/aromatic N) is 1. The predicted octanol–water partition coefficient (Wildman–Crippen LogP) is 2.79. The third-order valence-electron chi connectivity index (χ3n) is 3.32. The molecule has 4 nitrogen and oxygen atoms in total. The Hall–Kier alpha value is -2.40. The summed E-state index contributed by atoms with van der Waals surface area (Å²) in [6, 6.07) is 15.5. The average molecular weight is 298 g/mol. The second kappa shape index (κ2) is 5.18. The molecule has 21 heavy (non-hydrogen) atoms. The molecule has 1 aromatic heterocycles. The largest absolute Gasteiger partial charge is 0.399 e. The summed E-state index contributed by atoms with van der Waals surface area (Å²) in [6.07, 6.45) is 1.64. The van der Waals surface area contributed by atoms with Gasteiger partial charge in [-0.3, -0.25) is 4.98 Å². The van der Waals surface area contributed by atoms with Gasteiger partial charge >= 0.3 is 0 Å². The van der Waals surface area contributed by atoms with E-state index in [1.54, 1.807) is 24.4 Å². The van der Waals surface area contributed by atoms with Gasteiger partial charge in [0.1, 0.15) is 0 Å². The fourth-order valence-electron chi connectivity index (χ4n) is 2.24. The highest BCUT2D eigenvalue weighted by Crippen LogP contribution is 2.22. The Balaban J connectivity index is 2.03. The van der Waals surface area contributed by atoms with Gasteiger partial charge in [0, 0.05) is 17.3 Å². The van der Waals surface area contributed by atoms with E-state index in [0.29, 0.717) is 5.69 Å². The number of anilines is 1. The van der Waals surface area contributed by atoms with Crippen molar-refractivity contribution in [2.24, 2.45) is 0 Å². The molecular formula is C16H14N2O2S. The van der Waals surface area contributed by atoms with Crippen molar-refractivity contribution in [1.82, 2.24) is 4.98 Å². The van der Waals surface area contributed by atoms with Crippen LogP contribution in [0.2, 0.25) is 0 Å². The molecule has 3 rings (SSSR count). The van der Waals surface area contributed by atoms with Crippen LogP contribution in [-0.4, -0.2) is 13.4 Å². The smallest absolute Gasteiger partial charge is 0.182 e. The highest BCUT2D eigenvalue weighted by molar-refractivity contribution is 7.90. The number of sulfone groups is 1. The van der Waals surface area contributed by atoms with Gasteiger partial charge in [-0.1, -0.05) is 18.2 Å². The molecule has 1 heterocycles. The molecule has 0 saturated carbocycles. The third kappa shape index (κ3) is 2.73. The number of hydrogen-bond donors (Lipinski definition) is 1. The monoisotopic (exact) mass is 298 g/mol. The molecule has 0 saturated heterocycles. The second-order valence-electron chi connectivity index (χ2n) is 4.82. The molecule has 0 fully saturated rings. The molecular weight excluding hydrogens is 284 g/mol. The van der Waals surface area contributed by atoms with Crippen molar-refractivity contribution in [2.75, 3.05) is 5.73 Å². The van der Waals surface area contributed by atoms with Crippen molar-refractivity contribution in [3.63, 3.8) is 0 Å². The Kier molecular flexibility index (Phi) is 3.35. The van der Waals surface area contributed by atoms with Gasteiger partial charge in [-0.25, -0.2) is 8.42 Å². The minimum atomic E-state index is -3.40. The lowest BCUT2D eigenvalue weighted by atomic mass is 10.1. The molecule has 5 heteroatoms. The zero-order valence-electron chi connectivity index (χ0n) is 11.2. The Morgan fingerprint density at radius 2 is 1.67 bits per heavy atom. The van der Waals surface area contributed by atoms with E-state index >= 15 is 0 Å². The Labute approximate surface area is 123 Å². The van der Waals surface area contributed by atoms with Gasteiger partial charge in [0.2, 0.25) is 0 Å². The third-order valence-corrected chi connectivity index (χ3v) is 5.01. The summed E-state index contributed by atoms with van der Waals surface area (Å²) in [6.45, 7) is 0. The van der Waals surface area contributed by atoms with Crippen molar-refractivity contribution in [3.05, 3.63) is 66.4 Å². The van der Waals surface area contributed by atoms with Crippen molar-refractivity contribution in [3.8, 4) is 0 Å². The molecule has 0 atom stereocenters. The summed E-state index contributed by atoms with van der Waals surface area (Å²) in [5.41, 5.74) is 7.68. The van der Waals surface area contributed by atoms with E-state index in [1.807, 2.05) is 24.3 Å². The van der Waals surface area contributed by atoms with Crippen molar-refractivity contribution < 1.29 is 8.42 Å². The average Bonchev–Trinajstić information content (AvgIpc) is 2.48. The van der Waals surface area contributed by atoms with E-state index in [-0.39, 0.29) is 10.6 Å². The van der Waals surface area contributed by atoms with Crippen molar-refractivity contribution in [1.29, 1.82) is 0 Å². The summed E-state index contributed by atoms with van der Waals surface area (Å²) in [5.74, 6) is -0.0556. The second-order valence-corrected chi connectivity index (χ2v) is 6.80. The topological polar surface area (TPSA) is 73.1 Å². The summed E-state index contributed by atoms with van der Waals surface area (Å²) in [4.78, 5) is 4.52. The van der Waals surface area contributed by atoms with Crippen LogP contribution in [0.1, 0.15) is 5.56 Å². The van der Waals surface area contributed by atoms with Crippen LogP contribution < -0.4 is 5.73 Å². The van der Waals surface area contributed by atoms with Crippen LogP contribution in [0.3, 0.4) is 0 Å². The van der Waals surface area contributed by atoms with E-state index in [9.17, 15) is 8.42 Å². The molecule has 2 aromatic carbocycles. The molecule has 0 radical (unpaired) electrons. The summed E-state index contributed by atoms with van der Waals surface area (Å²) in [7, 11) is -3.40. The lowest BCUT2D eigenvalue weighted by Crippen LogP contribution is -2.05. The predicted molar refractivity (Wildman–Crippen MR) is 83.5 cm³/mol. The van der Waals surface area contributed by atoms with Crippen LogP contribution in [0.4, 0.5) is 5.69 Å². The van der Waals surface area contributed by atoms with Crippen LogP contribution >= 0.6 is 0 Å². The lowest BCUT2D eigenvalue weighted by Gasteiger charge is -2.08. The summed E-state index contributed by atoms with van der Waals surface area (Å²) >= 11 is 0. The van der Waals surface area contributed by atoms with E-state index in [1.165, 1.54) is 12.1 Å². The summed E-state index contributed by atoms with van der Waals surface area (Å²) < 4.78 is 25.0. The Morgan fingerprint density at radius 3 is 2.43 bits per heavy atom. The van der Waals surface area contributed by atoms with Gasteiger partial charge in [-0.15, -0.1) is 0 Å². The molecule has 3 aromatic rings. The first-order valence-corrected chi connectivity index (χ1v) is 8.12. The van der Waals surface area contributed by atoms with Gasteiger partial charge in [0.05, 0.1) is 16.2 Å². The van der Waals surface area contributed by atoms with E-state index in [0.717, 1.165) is 16.5 Å². The maximum absolute atomic E-state index is 12.5. The Bertz CT molecular complexity index is 882. The molecule has 0 bridgehead atoms. The number of benzene rings is 2. The first-order valence-electron chi connectivity index (χ1n) is 6.47. The van der Waals surface area contributed by atoms with Crippen LogP contribution in [0, 0.1) is 0 Å². The quantitative estimate of drug-likeness (QED) is 0.755. The minimum Gasteiger partial charge on any atom is -0.399 e. The number of pyridine rings is 1. The fourth-order valence-corrected chi connectivity index (χ4v) is 3.62. The first-order chi connectivity index (χ1) is 10.1. The van der Waals surface area contributed by atoms with Crippen molar-refractivity contribution in [2.45, 2.75) is 10.6 Å². The fraction of sp³-hybridized carbons (Fsp3) is 0.0625. The molecule has 2 N–H and O–H groups in total. The van der Waals surface area contributed by atoms with Gasteiger partial charge in [-0.05, 0) is 42.0 Å². The molecule has 0 aliphatic rings. The van der Waals surface area contributed by atoms with E-state index < -0.39 is 9.84 Å². The summed E-state index contributed by atoms with van der Waals surface area (Å²) in [5, 5.41) is 0.860. The number of aromatic nitrogens is 1. The molecule has 106 valence electrons. The lowest BCUT2D eigenvalue weighted by molar-refractivity contribution is 0.595. The maximum Gasteiger partial charge on any atom is 0.182 e. The standard InChI is InChI=1S/C16H14N2O2S/c17-13-5-7-14(8-6-13)21(19,20)11-12-9-10-18-16-4-2-1-3-15(12)16/h1-10H,11,17H2. The van der Waals surface area contributed by atoms with E-state index in [2.05, 4.69) is 4.98 Å². The zero-order valence-corrected chi connectivity index (χ0v) is 12.0. The van der Waals surface area contributed by atoms with Gasteiger partial charge in [-0.2, -0.15) is 0 Å². The van der Waals surface area contributed by atoms with Gasteiger partial charge < -0.3 is 5.73 Å². The molecule has 0 amide bonds. The highest BCUT2D eigenvalue weighted by Gasteiger charge is 2.16. The van der Waals surface area contributed by atoms with Crippen LogP contribution in [0.15, 0.2) is 65.7 Å². The van der Waals surface area contributed by atoms with Crippen LogP contribution in [-0.2, 0) is 15.6 Å². The van der Waals surface area contributed by atoms with Gasteiger partial charge in [0.25, 0.3) is 0 Å². The Morgan fingerprint density at radius 1 is 0.952 bits per heavy atom. The van der Waals surface area contributed by atoms with E-state index in [4.69, 9.17) is 5.73 Å². The molecule has 0 spiro atoms. The number of nitrogen functional groups attached to an aromatic ring is 1. The number of nitrogens with two attached hydrogens (primary N) is 1. The minimum absolute atomic E-state index is 0.0556. The van der Waals surface area contributed by atoms with Crippen molar-refractivity contribution >= 4 is 26.4 Å². The normalized spacial score (nSPS) is 11.6. The molecule has 0 aliphatic heterocycles. The first kappa shape index (κ1) is 13.6. The highest BCUT2D eigenvalue weighted by atomic mass is 32.2.